The van der Waals surface area contributed by atoms with Gasteiger partial charge in [-0.05, 0) is 27.2 Å². The first kappa shape index (κ1) is 15.3. The monoisotopic (exact) mass is 272 g/mol. The standard InChI is InChI=1S/C12H20N2O5/c1-12(2,3)19-11(18)14-6-4-5-13-10(17)8(14)7-9(15)16/h8H,4-7H2,1-3H3,(H,13,17)(H,15,16). The van der Waals surface area contributed by atoms with Crippen LogP contribution in [0.5, 0.6) is 0 Å². The largest absolute Gasteiger partial charge is 0.481 e. The topological polar surface area (TPSA) is 95.9 Å². The third kappa shape index (κ3) is 4.76. The molecule has 0 aromatic heterocycles. The molecule has 1 aliphatic heterocycles. The summed E-state index contributed by atoms with van der Waals surface area (Å²) >= 11 is 0. The molecule has 0 radical (unpaired) electrons. The maximum absolute atomic E-state index is 12.0. The third-order valence-electron chi connectivity index (χ3n) is 2.55. The molecular weight excluding hydrogens is 252 g/mol. The number of rotatable bonds is 2. The summed E-state index contributed by atoms with van der Waals surface area (Å²) in [6.07, 6.45) is -0.512. The minimum absolute atomic E-state index is 0.297. The average Bonchev–Trinajstić information content (AvgIpc) is 2.39. The fraction of sp³-hybridized carbons (Fsp3) is 0.750. The van der Waals surface area contributed by atoms with Crippen molar-refractivity contribution >= 4 is 18.0 Å². The molecule has 0 spiro atoms. The maximum atomic E-state index is 12.0. The molecule has 1 heterocycles. The first-order chi connectivity index (χ1) is 8.70. The van der Waals surface area contributed by atoms with Gasteiger partial charge in [-0.15, -0.1) is 0 Å². The van der Waals surface area contributed by atoms with Gasteiger partial charge in [0.05, 0.1) is 6.42 Å². The van der Waals surface area contributed by atoms with Crippen molar-refractivity contribution in [3.05, 3.63) is 0 Å². The van der Waals surface area contributed by atoms with E-state index in [1.54, 1.807) is 20.8 Å². The maximum Gasteiger partial charge on any atom is 0.410 e. The van der Waals surface area contributed by atoms with E-state index in [0.717, 1.165) is 0 Å². The normalized spacial score (nSPS) is 20.5. The summed E-state index contributed by atoms with van der Waals surface area (Å²) in [6.45, 7) is 5.87. The van der Waals surface area contributed by atoms with E-state index in [4.69, 9.17) is 9.84 Å². The van der Waals surface area contributed by atoms with Crippen molar-refractivity contribution in [3.8, 4) is 0 Å². The van der Waals surface area contributed by atoms with Crippen LogP contribution in [0.4, 0.5) is 4.79 Å². The summed E-state index contributed by atoms with van der Waals surface area (Å²) < 4.78 is 5.21. The van der Waals surface area contributed by atoms with Gasteiger partial charge in [0.15, 0.2) is 0 Å². The molecule has 1 unspecified atom stereocenters. The molecular formula is C12H20N2O5. The number of aliphatic carboxylic acids is 1. The van der Waals surface area contributed by atoms with Gasteiger partial charge in [0.2, 0.25) is 5.91 Å². The van der Waals surface area contributed by atoms with E-state index in [1.165, 1.54) is 4.90 Å². The summed E-state index contributed by atoms with van der Waals surface area (Å²) in [5, 5.41) is 11.4. The second kappa shape index (κ2) is 5.90. The van der Waals surface area contributed by atoms with Crippen LogP contribution in [0.15, 0.2) is 0 Å². The van der Waals surface area contributed by atoms with Gasteiger partial charge in [-0.3, -0.25) is 14.5 Å². The van der Waals surface area contributed by atoms with Crippen molar-refractivity contribution in [2.45, 2.75) is 45.3 Å². The van der Waals surface area contributed by atoms with Gasteiger partial charge in [0.25, 0.3) is 0 Å². The first-order valence-electron chi connectivity index (χ1n) is 6.20. The number of hydrogen-bond donors (Lipinski definition) is 2. The lowest BCUT2D eigenvalue weighted by atomic mass is 10.1. The van der Waals surface area contributed by atoms with Crippen LogP contribution in [-0.2, 0) is 14.3 Å². The molecule has 1 rings (SSSR count). The second-order valence-corrected chi connectivity index (χ2v) is 5.43. The molecule has 7 heteroatoms. The molecule has 0 saturated carbocycles. The van der Waals surface area contributed by atoms with Gasteiger partial charge in [0, 0.05) is 13.1 Å². The average molecular weight is 272 g/mol. The molecule has 7 nitrogen and oxygen atoms in total. The van der Waals surface area contributed by atoms with Gasteiger partial charge in [-0.1, -0.05) is 0 Å². The number of ether oxygens (including phenoxy) is 1. The number of carbonyl (C=O) groups is 3. The Morgan fingerprint density at radius 3 is 2.63 bits per heavy atom. The van der Waals surface area contributed by atoms with Crippen LogP contribution < -0.4 is 5.32 Å². The molecule has 2 N–H and O–H groups in total. The van der Waals surface area contributed by atoms with Crippen molar-refractivity contribution in [1.82, 2.24) is 10.2 Å². The fourth-order valence-electron chi connectivity index (χ4n) is 1.78. The first-order valence-corrected chi connectivity index (χ1v) is 6.20. The molecule has 0 aromatic rings. The zero-order chi connectivity index (χ0) is 14.6. The smallest absolute Gasteiger partial charge is 0.410 e. The zero-order valence-corrected chi connectivity index (χ0v) is 11.4. The highest BCUT2D eigenvalue weighted by Crippen LogP contribution is 2.15. The van der Waals surface area contributed by atoms with Crippen LogP contribution in [0.25, 0.3) is 0 Å². The Kier molecular flexibility index (Phi) is 4.74. The molecule has 1 atom stereocenters. The number of hydrogen-bond acceptors (Lipinski definition) is 4. The van der Waals surface area contributed by atoms with Gasteiger partial charge < -0.3 is 15.2 Å². The highest BCUT2D eigenvalue weighted by molar-refractivity contribution is 5.89. The summed E-state index contributed by atoms with van der Waals surface area (Å²) in [4.78, 5) is 35.9. The SMILES string of the molecule is CC(C)(C)OC(=O)N1CCCNC(=O)C1CC(=O)O. The van der Waals surface area contributed by atoms with E-state index >= 15 is 0 Å². The van der Waals surface area contributed by atoms with Crippen LogP contribution in [0, 0.1) is 0 Å². The molecule has 108 valence electrons. The number of nitrogens with one attached hydrogen (secondary N) is 1. The number of nitrogens with zero attached hydrogens (tertiary/aromatic N) is 1. The predicted molar refractivity (Wildman–Crippen MR) is 66.6 cm³/mol. The lowest BCUT2D eigenvalue weighted by Gasteiger charge is -2.30. The van der Waals surface area contributed by atoms with E-state index in [9.17, 15) is 14.4 Å². The molecule has 1 saturated heterocycles. The highest BCUT2D eigenvalue weighted by Gasteiger charge is 2.35. The van der Waals surface area contributed by atoms with Gasteiger partial charge in [0.1, 0.15) is 11.6 Å². The number of carboxylic acid groups (broad SMARTS) is 1. The third-order valence-corrected chi connectivity index (χ3v) is 2.55. The van der Waals surface area contributed by atoms with Crippen LogP contribution in [0.3, 0.4) is 0 Å². The van der Waals surface area contributed by atoms with Crippen molar-refractivity contribution in [2.24, 2.45) is 0 Å². The molecule has 2 amide bonds. The number of carbonyl (C=O) groups excluding carboxylic acids is 2. The Balaban J connectivity index is 2.87. The van der Waals surface area contributed by atoms with E-state index in [2.05, 4.69) is 5.32 Å². The summed E-state index contributed by atoms with van der Waals surface area (Å²) in [6, 6.07) is -1.02. The van der Waals surface area contributed by atoms with Gasteiger partial charge in [-0.25, -0.2) is 4.79 Å². The predicted octanol–water partition coefficient (Wildman–Crippen LogP) is 0.587. The van der Waals surface area contributed by atoms with E-state index in [0.29, 0.717) is 19.5 Å². The van der Waals surface area contributed by atoms with E-state index in [1.807, 2.05) is 0 Å². The van der Waals surface area contributed by atoms with Crippen LogP contribution in [-0.4, -0.2) is 52.7 Å². The van der Waals surface area contributed by atoms with Crippen molar-refractivity contribution < 1.29 is 24.2 Å². The van der Waals surface area contributed by atoms with Gasteiger partial charge >= 0.3 is 12.1 Å². The minimum atomic E-state index is -1.13. The molecule has 0 aromatic carbocycles. The second-order valence-electron chi connectivity index (χ2n) is 5.43. The Morgan fingerprint density at radius 2 is 2.11 bits per heavy atom. The Morgan fingerprint density at radius 1 is 1.47 bits per heavy atom. The van der Waals surface area contributed by atoms with Gasteiger partial charge in [-0.2, -0.15) is 0 Å². The van der Waals surface area contributed by atoms with Crippen molar-refractivity contribution in [1.29, 1.82) is 0 Å². The molecule has 19 heavy (non-hydrogen) atoms. The quantitative estimate of drug-likeness (QED) is 0.767. The fourth-order valence-corrected chi connectivity index (χ4v) is 1.78. The molecule has 1 fully saturated rings. The minimum Gasteiger partial charge on any atom is -0.481 e. The number of amides is 2. The van der Waals surface area contributed by atoms with Crippen molar-refractivity contribution in [3.63, 3.8) is 0 Å². The van der Waals surface area contributed by atoms with E-state index in [-0.39, 0.29) is 0 Å². The van der Waals surface area contributed by atoms with Crippen LogP contribution in [0.2, 0.25) is 0 Å². The zero-order valence-electron chi connectivity index (χ0n) is 11.4. The Labute approximate surface area is 111 Å². The molecule has 1 aliphatic rings. The van der Waals surface area contributed by atoms with Crippen LogP contribution >= 0.6 is 0 Å². The Bertz CT molecular complexity index is 375. The summed E-state index contributed by atoms with van der Waals surface area (Å²) in [5.74, 6) is -1.58. The number of carboxylic acids is 1. The molecule has 0 bridgehead atoms. The Hall–Kier alpha value is -1.79. The summed E-state index contributed by atoms with van der Waals surface area (Å²) in [7, 11) is 0. The van der Waals surface area contributed by atoms with Crippen LogP contribution in [0.1, 0.15) is 33.6 Å². The van der Waals surface area contributed by atoms with E-state index < -0.39 is 36.0 Å². The lowest BCUT2D eigenvalue weighted by molar-refractivity contribution is -0.141. The lowest BCUT2D eigenvalue weighted by Crippen LogP contribution is -2.49. The summed E-state index contributed by atoms with van der Waals surface area (Å²) in [5.41, 5.74) is -0.687. The van der Waals surface area contributed by atoms with Crippen molar-refractivity contribution in [2.75, 3.05) is 13.1 Å². The highest BCUT2D eigenvalue weighted by atomic mass is 16.6. The molecule has 0 aliphatic carbocycles.